The Hall–Kier alpha value is -1.19. The van der Waals surface area contributed by atoms with Crippen LogP contribution < -0.4 is 5.32 Å². The number of aromatic nitrogens is 1. The molecule has 0 aliphatic carbocycles. The van der Waals surface area contributed by atoms with E-state index in [1.54, 1.807) is 11.3 Å². The van der Waals surface area contributed by atoms with Crippen molar-refractivity contribution in [1.29, 1.82) is 0 Å². The fourth-order valence-electron chi connectivity index (χ4n) is 1.96. The highest BCUT2D eigenvalue weighted by molar-refractivity contribution is 7.15. The summed E-state index contributed by atoms with van der Waals surface area (Å²) < 4.78 is 0. The van der Waals surface area contributed by atoms with Gasteiger partial charge >= 0.3 is 0 Å². The number of aryl methyl sites for hydroxylation is 2. The van der Waals surface area contributed by atoms with Crippen molar-refractivity contribution in [2.24, 2.45) is 0 Å². The van der Waals surface area contributed by atoms with Crippen LogP contribution in [0.3, 0.4) is 0 Å². The maximum atomic E-state index is 4.56. The van der Waals surface area contributed by atoms with Crippen molar-refractivity contribution < 1.29 is 0 Å². The Kier molecular flexibility index (Phi) is 4.15. The van der Waals surface area contributed by atoms with Gasteiger partial charge in [-0.15, -0.1) is 11.3 Å². The van der Waals surface area contributed by atoms with Gasteiger partial charge in [-0.05, 0) is 25.0 Å². The first-order valence-electron chi connectivity index (χ1n) is 6.32. The number of hydrogen-bond acceptors (Lipinski definition) is 3. The van der Waals surface area contributed by atoms with Gasteiger partial charge in [0.2, 0.25) is 0 Å². The van der Waals surface area contributed by atoms with E-state index in [9.17, 15) is 0 Å². The molecule has 2 rings (SSSR count). The van der Waals surface area contributed by atoms with Crippen LogP contribution in [-0.2, 0) is 6.54 Å². The van der Waals surface area contributed by atoms with Crippen molar-refractivity contribution in [3.05, 3.63) is 40.4 Å². The molecule has 0 radical (unpaired) electrons. The highest BCUT2D eigenvalue weighted by Crippen LogP contribution is 2.30. The van der Waals surface area contributed by atoms with Gasteiger partial charge in [-0.25, -0.2) is 4.98 Å². The van der Waals surface area contributed by atoms with Gasteiger partial charge in [-0.3, -0.25) is 0 Å². The van der Waals surface area contributed by atoms with Crippen molar-refractivity contribution in [3.63, 3.8) is 0 Å². The number of thiazole rings is 1. The fraction of sp³-hybridized carbons (Fsp3) is 0.400. The first kappa shape index (κ1) is 13.2. The lowest BCUT2D eigenvalue weighted by Gasteiger charge is -2.06. The summed E-state index contributed by atoms with van der Waals surface area (Å²) >= 11 is 1.78. The number of nitrogens with zero attached hydrogens (tertiary/aromatic N) is 1. The number of rotatable bonds is 4. The Morgan fingerprint density at radius 1 is 1.22 bits per heavy atom. The third-order valence-electron chi connectivity index (χ3n) is 2.93. The molecule has 0 aliphatic rings. The average Bonchev–Trinajstić information content (AvgIpc) is 2.75. The van der Waals surface area contributed by atoms with Crippen LogP contribution in [0.1, 0.15) is 29.9 Å². The lowest BCUT2D eigenvalue weighted by Crippen LogP contribution is -2.21. The third kappa shape index (κ3) is 2.98. The number of benzene rings is 1. The van der Waals surface area contributed by atoms with Crippen LogP contribution in [0.25, 0.3) is 10.6 Å². The van der Waals surface area contributed by atoms with Gasteiger partial charge in [0.15, 0.2) is 0 Å². The van der Waals surface area contributed by atoms with E-state index in [1.807, 2.05) is 6.20 Å². The lowest BCUT2D eigenvalue weighted by atomic mass is 10.0. The second kappa shape index (κ2) is 5.63. The molecule has 18 heavy (non-hydrogen) atoms. The van der Waals surface area contributed by atoms with Crippen LogP contribution in [0.4, 0.5) is 0 Å². The Labute approximate surface area is 113 Å². The molecule has 0 atom stereocenters. The molecule has 3 heteroatoms. The first-order valence-corrected chi connectivity index (χ1v) is 7.14. The molecular weight excluding hydrogens is 240 g/mol. The van der Waals surface area contributed by atoms with Gasteiger partial charge in [0.1, 0.15) is 5.01 Å². The largest absolute Gasteiger partial charge is 0.310 e. The van der Waals surface area contributed by atoms with Gasteiger partial charge < -0.3 is 5.32 Å². The maximum Gasteiger partial charge on any atom is 0.124 e. The molecule has 2 aromatic rings. The zero-order chi connectivity index (χ0) is 13.1. The van der Waals surface area contributed by atoms with Crippen LogP contribution in [0, 0.1) is 13.8 Å². The molecule has 2 nitrogen and oxygen atoms in total. The average molecular weight is 260 g/mol. The highest BCUT2D eigenvalue weighted by atomic mass is 32.1. The molecule has 0 amide bonds. The van der Waals surface area contributed by atoms with Crippen molar-refractivity contribution in [1.82, 2.24) is 10.3 Å². The molecule has 0 saturated heterocycles. The van der Waals surface area contributed by atoms with Crippen LogP contribution >= 0.6 is 11.3 Å². The fourth-order valence-corrected chi connectivity index (χ4v) is 3.00. The van der Waals surface area contributed by atoms with E-state index in [2.05, 4.69) is 56.2 Å². The molecule has 1 aromatic heterocycles. The molecule has 0 spiro atoms. The van der Waals surface area contributed by atoms with Crippen molar-refractivity contribution in [2.75, 3.05) is 0 Å². The van der Waals surface area contributed by atoms with E-state index in [-0.39, 0.29) is 0 Å². The van der Waals surface area contributed by atoms with E-state index in [0.717, 1.165) is 11.6 Å². The molecule has 96 valence electrons. The van der Waals surface area contributed by atoms with Gasteiger partial charge in [-0.1, -0.05) is 32.0 Å². The Morgan fingerprint density at radius 2 is 1.89 bits per heavy atom. The second-order valence-electron chi connectivity index (χ2n) is 4.93. The van der Waals surface area contributed by atoms with Gasteiger partial charge in [0.05, 0.1) is 0 Å². The predicted octanol–water partition coefficient (Wildman–Crippen LogP) is 3.92. The SMILES string of the molecule is Cc1cccc(C)c1-c1ncc(CNC(C)C)s1. The quantitative estimate of drug-likeness (QED) is 0.901. The van der Waals surface area contributed by atoms with E-state index < -0.39 is 0 Å². The summed E-state index contributed by atoms with van der Waals surface area (Å²) in [5, 5.41) is 4.56. The summed E-state index contributed by atoms with van der Waals surface area (Å²) in [6.07, 6.45) is 1.99. The third-order valence-corrected chi connectivity index (χ3v) is 3.95. The summed E-state index contributed by atoms with van der Waals surface area (Å²) in [5.74, 6) is 0. The molecule has 0 unspecified atom stereocenters. The highest BCUT2D eigenvalue weighted by Gasteiger charge is 2.09. The summed E-state index contributed by atoms with van der Waals surface area (Å²) in [7, 11) is 0. The first-order chi connectivity index (χ1) is 8.58. The minimum absolute atomic E-state index is 0.510. The predicted molar refractivity (Wildman–Crippen MR) is 79.0 cm³/mol. The molecule has 0 bridgehead atoms. The molecule has 1 N–H and O–H groups in total. The van der Waals surface area contributed by atoms with E-state index in [0.29, 0.717) is 6.04 Å². The van der Waals surface area contributed by atoms with E-state index in [4.69, 9.17) is 0 Å². The summed E-state index contributed by atoms with van der Waals surface area (Å²) in [6, 6.07) is 6.91. The summed E-state index contributed by atoms with van der Waals surface area (Å²) in [5.41, 5.74) is 3.89. The molecule has 0 fully saturated rings. The lowest BCUT2D eigenvalue weighted by molar-refractivity contribution is 0.593. The second-order valence-corrected chi connectivity index (χ2v) is 6.05. The number of nitrogens with one attached hydrogen (secondary N) is 1. The van der Waals surface area contributed by atoms with Crippen LogP contribution in [0.15, 0.2) is 24.4 Å². The monoisotopic (exact) mass is 260 g/mol. The van der Waals surface area contributed by atoms with Crippen molar-refractivity contribution in [2.45, 2.75) is 40.3 Å². The van der Waals surface area contributed by atoms with Crippen LogP contribution in [0.2, 0.25) is 0 Å². The Morgan fingerprint density at radius 3 is 2.50 bits per heavy atom. The molecule has 0 aliphatic heterocycles. The van der Waals surface area contributed by atoms with E-state index >= 15 is 0 Å². The minimum Gasteiger partial charge on any atom is -0.310 e. The zero-order valence-electron chi connectivity index (χ0n) is 11.4. The molecule has 1 heterocycles. The van der Waals surface area contributed by atoms with Gasteiger partial charge in [0, 0.05) is 29.2 Å². The zero-order valence-corrected chi connectivity index (χ0v) is 12.3. The van der Waals surface area contributed by atoms with E-state index in [1.165, 1.54) is 21.6 Å². The smallest absolute Gasteiger partial charge is 0.124 e. The Balaban J connectivity index is 2.24. The maximum absolute atomic E-state index is 4.56. The van der Waals surface area contributed by atoms with Crippen molar-refractivity contribution in [3.8, 4) is 10.6 Å². The normalized spacial score (nSPS) is 11.2. The van der Waals surface area contributed by atoms with Gasteiger partial charge in [0.25, 0.3) is 0 Å². The minimum atomic E-state index is 0.510. The van der Waals surface area contributed by atoms with Crippen molar-refractivity contribution >= 4 is 11.3 Å². The summed E-state index contributed by atoms with van der Waals surface area (Å²) in [4.78, 5) is 5.86. The van der Waals surface area contributed by atoms with Gasteiger partial charge in [-0.2, -0.15) is 0 Å². The molecule has 1 aromatic carbocycles. The molecule has 0 saturated carbocycles. The standard InChI is InChI=1S/C15H20N2S/c1-10(2)16-8-13-9-17-15(18-13)14-11(3)6-5-7-12(14)4/h5-7,9-10,16H,8H2,1-4H3. The molecular formula is C15H20N2S. The number of hydrogen-bond donors (Lipinski definition) is 1. The topological polar surface area (TPSA) is 24.9 Å². The summed E-state index contributed by atoms with van der Waals surface area (Å²) in [6.45, 7) is 9.52. The van der Waals surface area contributed by atoms with Crippen LogP contribution in [-0.4, -0.2) is 11.0 Å². The van der Waals surface area contributed by atoms with Crippen LogP contribution in [0.5, 0.6) is 0 Å². The Bertz CT molecular complexity index is 509.